The van der Waals surface area contributed by atoms with Gasteiger partial charge in [-0.2, -0.15) is 4.31 Å². The number of nitrogens with one attached hydrogen (secondary N) is 1. The van der Waals surface area contributed by atoms with Crippen LogP contribution in [0.3, 0.4) is 0 Å². The van der Waals surface area contributed by atoms with E-state index >= 15 is 0 Å². The number of carbonyl (C=O) groups excluding carboxylic acids is 1. The molecule has 5 rings (SSSR count). The average Bonchev–Trinajstić information content (AvgIpc) is 3.58. The first-order valence-electron chi connectivity index (χ1n) is 11.0. The Bertz CT molecular complexity index is 1320. The summed E-state index contributed by atoms with van der Waals surface area (Å²) in [4.78, 5) is 13.0. The summed E-state index contributed by atoms with van der Waals surface area (Å²) in [6, 6.07) is 11.7. The summed E-state index contributed by atoms with van der Waals surface area (Å²) in [5.41, 5.74) is 1.63. The lowest BCUT2D eigenvalue weighted by molar-refractivity contribution is 0.102. The lowest BCUT2D eigenvalue weighted by Gasteiger charge is -2.22. The van der Waals surface area contributed by atoms with Gasteiger partial charge in [-0.25, -0.2) is 8.42 Å². The highest BCUT2D eigenvalue weighted by atomic mass is 32.2. The topological polar surface area (TPSA) is 111 Å². The highest BCUT2D eigenvalue weighted by Crippen LogP contribution is 2.38. The SMILES string of the molecule is CC(C)c1ccc(S(=O)(=O)N2CCC[C@@H]2c2nnc(C(=O)Nc3ccc4c(c3)OCO4)s2)cc1. The summed E-state index contributed by atoms with van der Waals surface area (Å²) >= 11 is 1.11. The van der Waals surface area contributed by atoms with E-state index in [1.165, 1.54) is 4.31 Å². The van der Waals surface area contributed by atoms with Crippen molar-refractivity contribution < 1.29 is 22.7 Å². The van der Waals surface area contributed by atoms with Gasteiger partial charge in [0.05, 0.1) is 10.9 Å². The van der Waals surface area contributed by atoms with E-state index in [4.69, 9.17) is 9.47 Å². The lowest BCUT2D eigenvalue weighted by Crippen LogP contribution is -2.30. The number of benzene rings is 2. The summed E-state index contributed by atoms with van der Waals surface area (Å²) < 4.78 is 38.8. The molecule has 0 bridgehead atoms. The Balaban J connectivity index is 1.33. The van der Waals surface area contributed by atoms with Crippen LogP contribution in [0.25, 0.3) is 0 Å². The third kappa shape index (κ3) is 4.26. The van der Waals surface area contributed by atoms with Gasteiger partial charge in [-0.1, -0.05) is 37.3 Å². The number of rotatable bonds is 6. The van der Waals surface area contributed by atoms with E-state index in [0.29, 0.717) is 47.5 Å². The van der Waals surface area contributed by atoms with E-state index in [9.17, 15) is 13.2 Å². The first-order chi connectivity index (χ1) is 16.3. The molecular weight excluding hydrogens is 476 g/mol. The number of amides is 1. The number of hydrogen-bond donors (Lipinski definition) is 1. The van der Waals surface area contributed by atoms with Crippen molar-refractivity contribution in [2.75, 3.05) is 18.7 Å². The second-order valence-corrected chi connectivity index (χ2v) is 11.4. The van der Waals surface area contributed by atoms with Gasteiger partial charge in [-0.05, 0) is 48.6 Å². The van der Waals surface area contributed by atoms with E-state index in [1.54, 1.807) is 30.3 Å². The predicted octanol–water partition coefficient (Wildman–Crippen LogP) is 4.17. The zero-order valence-electron chi connectivity index (χ0n) is 18.7. The number of hydrogen-bond acceptors (Lipinski definition) is 8. The Hall–Kier alpha value is -3.02. The Labute approximate surface area is 201 Å². The van der Waals surface area contributed by atoms with Gasteiger partial charge in [0.1, 0.15) is 5.01 Å². The van der Waals surface area contributed by atoms with Crippen LogP contribution in [0.5, 0.6) is 11.5 Å². The highest BCUT2D eigenvalue weighted by molar-refractivity contribution is 7.89. The molecule has 178 valence electrons. The molecule has 0 saturated carbocycles. The summed E-state index contributed by atoms with van der Waals surface area (Å²) in [5.74, 6) is 1.08. The fourth-order valence-corrected chi connectivity index (χ4v) is 6.67. The maximum Gasteiger partial charge on any atom is 0.286 e. The van der Waals surface area contributed by atoms with Crippen molar-refractivity contribution in [3.63, 3.8) is 0 Å². The molecule has 2 aliphatic heterocycles. The van der Waals surface area contributed by atoms with E-state index in [2.05, 4.69) is 29.4 Å². The number of anilines is 1. The monoisotopic (exact) mass is 500 g/mol. The molecule has 1 N–H and O–H groups in total. The predicted molar refractivity (Wildman–Crippen MR) is 127 cm³/mol. The minimum atomic E-state index is -3.70. The number of aromatic nitrogens is 2. The first-order valence-corrected chi connectivity index (χ1v) is 13.2. The molecule has 1 atom stereocenters. The largest absolute Gasteiger partial charge is 0.454 e. The molecule has 34 heavy (non-hydrogen) atoms. The fourth-order valence-electron chi connectivity index (χ4n) is 4.05. The van der Waals surface area contributed by atoms with Gasteiger partial charge in [0.25, 0.3) is 5.91 Å². The van der Waals surface area contributed by atoms with E-state index in [0.717, 1.165) is 16.9 Å². The van der Waals surface area contributed by atoms with Gasteiger partial charge in [0.2, 0.25) is 21.8 Å². The molecule has 9 nitrogen and oxygen atoms in total. The smallest absolute Gasteiger partial charge is 0.286 e. The number of ether oxygens (including phenoxy) is 2. The molecule has 0 spiro atoms. The van der Waals surface area contributed by atoms with Crippen molar-refractivity contribution in [2.24, 2.45) is 0 Å². The molecule has 0 unspecified atom stereocenters. The maximum atomic E-state index is 13.4. The van der Waals surface area contributed by atoms with Gasteiger partial charge in [-0.15, -0.1) is 10.2 Å². The zero-order valence-corrected chi connectivity index (χ0v) is 20.4. The molecule has 1 amide bonds. The van der Waals surface area contributed by atoms with Crippen molar-refractivity contribution in [3.05, 3.63) is 58.0 Å². The normalized spacial score (nSPS) is 17.9. The standard InChI is InChI=1S/C23H24N4O5S2/c1-14(2)15-5-8-17(9-6-15)34(29,30)27-11-3-4-18(27)22-25-26-23(33-22)21(28)24-16-7-10-19-20(12-16)32-13-31-19/h5-10,12,14,18H,3-4,11,13H2,1-2H3,(H,24,28)/t18-/m1/s1. The van der Waals surface area contributed by atoms with Crippen molar-refractivity contribution in [1.29, 1.82) is 0 Å². The van der Waals surface area contributed by atoms with Crippen LogP contribution in [0.15, 0.2) is 47.4 Å². The molecule has 1 saturated heterocycles. The van der Waals surface area contributed by atoms with Crippen LogP contribution in [0, 0.1) is 0 Å². The molecule has 1 aromatic heterocycles. The van der Waals surface area contributed by atoms with Crippen LogP contribution >= 0.6 is 11.3 Å². The highest BCUT2D eigenvalue weighted by Gasteiger charge is 2.38. The Morgan fingerprint density at radius 2 is 1.88 bits per heavy atom. The number of carbonyl (C=O) groups is 1. The van der Waals surface area contributed by atoms with Crippen molar-refractivity contribution in [1.82, 2.24) is 14.5 Å². The molecule has 3 heterocycles. The summed E-state index contributed by atoms with van der Waals surface area (Å²) in [6.07, 6.45) is 1.34. The number of nitrogens with zero attached hydrogens (tertiary/aromatic N) is 3. The van der Waals surface area contributed by atoms with E-state index < -0.39 is 22.0 Å². The number of sulfonamides is 1. The minimum Gasteiger partial charge on any atom is -0.454 e. The van der Waals surface area contributed by atoms with Gasteiger partial charge in [-0.3, -0.25) is 4.79 Å². The molecule has 0 radical (unpaired) electrons. The zero-order chi connectivity index (χ0) is 23.9. The van der Waals surface area contributed by atoms with Crippen LogP contribution in [0.4, 0.5) is 5.69 Å². The molecular formula is C23H24N4O5S2. The third-order valence-electron chi connectivity index (χ3n) is 5.91. The minimum absolute atomic E-state index is 0.148. The average molecular weight is 501 g/mol. The molecule has 11 heteroatoms. The van der Waals surface area contributed by atoms with Crippen LogP contribution < -0.4 is 14.8 Å². The molecule has 3 aromatic rings. The van der Waals surface area contributed by atoms with Crippen LogP contribution in [-0.4, -0.2) is 42.2 Å². The lowest BCUT2D eigenvalue weighted by atomic mass is 10.0. The molecule has 2 aromatic carbocycles. The summed E-state index contributed by atoms with van der Waals surface area (Å²) in [6.45, 7) is 4.68. The van der Waals surface area contributed by atoms with Gasteiger partial charge in [0, 0.05) is 18.3 Å². The quantitative estimate of drug-likeness (QED) is 0.541. The number of fused-ring (bicyclic) bond motifs is 1. The second kappa shape index (κ2) is 8.97. The van der Waals surface area contributed by atoms with Crippen molar-refractivity contribution in [2.45, 2.75) is 43.5 Å². The van der Waals surface area contributed by atoms with E-state index in [-0.39, 0.29) is 16.7 Å². The van der Waals surface area contributed by atoms with Crippen LogP contribution in [-0.2, 0) is 10.0 Å². The fraction of sp³-hybridized carbons (Fsp3) is 0.348. The van der Waals surface area contributed by atoms with Crippen molar-refractivity contribution in [3.8, 4) is 11.5 Å². The second-order valence-electron chi connectivity index (χ2n) is 8.47. The summed E-state index contributed by atoms with van der Waals surface area (Å²) in [7, 11) is -3.70. The molecule has 1 fully saturated rings. The molecule has 0 aliphatic carbocycles. The summed E-state index contributed by atoms with van der Waals surface area (Å²) in [5, 5.41) is 11.6. The van der Waals surface area contributed by atoms with Crippen molar-refractivity contribution >= 4 is 33.0 Å². The Kier molecular flexibility index (Phi) is 6.00. The molecule has 2 aliphatic rings. The van der Waals surface area contributed by atoms with Gasteiger partial charge < -0.3 is 14.8 Å². The van der Waals surface area contributed by atoms with Crippen LogP contribution in [0.2, 0.25) is 0 Å². The van der Waals surface area contributed by atoms with Crippen LogP contribution in [0.1, 0.15) is 59.0 Å². The maximum absolute atomic E-state index is 13.4. The van der Waals surface area contributed by atoms with Gasteiger partial charge >= 0.3 is 0 Å². The van der Waals surface area contributed by atoms with Gasteiger partial charge in [0.15, 0.2) is 11.5 Å². The van der Waals surface area contributed by atoms with E-state index in [1.807, 2.05) is 12.1 Å². The Morgan fingerprint density at radius 1 is 1.12 bits per heavy atom. The Morgan fingerprint density at radius 3 is 2.65 bits per heavy atom. The first kappa shape index (κ1) is 22.8. The third-order valence-corrected chi connectivity index (χ3v) is 8.85.